The van der Waals surface area contributed by atoms with Gasteiger partial charge in [-0.15, -0.1) is 11.6 Å². The Morgan fingerprint density at radius 2 is 2.06 bits per heavy atom. The maximum Gasteiger partial charge on any atom is 0.272 e. The molecule has 0 aromatic carbocycles. The molecule has 0 bridgehead atoms. The Hall–Kier alpha value is -1.07. The lowest BCUT2D eigenvalue weighted by molar-refractivity contribution is 0.0633. The maximum atomic E-state index is 12.3. The van der Waals surface area contributed by atoms with Crippen molar-refractivity contribution in [2.45, 2.75) is 6.92 Å². The lowest BCUT2D eigenvalue weighted by Gasteiger charge is -2.34. The van der Waals surface area contributed by atoms with E-state index in [1.54, 1.807) is 4.68 Å². The smallest absolute Gasteiger partial charge is 0.272 e. The second-order valence-corrected chi connectivity index (χ2v) is 5.00. The van der Waals surface area contributed by atoms with Crippen LogP contribution in [0.15, 0.2) is 6.07 Å². The van der Waals surface area contributed by atoms with Crippen molar-refractivity contribution < 1.29 is 4.79 Å². The Morgan fingerprint density at radius 1 is 1.39 bits per heavy atom. The average molecular weight is 271 g/mol. The summed E-state index contributed by atoms with van der Waals surface area (Å²) in [6.45, 7) is 6.12. The molecular formula is C12H19ClN4O. The number of carbonyl (C=O) groups excluding carboxylic acids is 1. The molecule has 1 aromatic rings. The second kappa shape index (κ2) is 5.71. The van der Waals surface area contributed by atoms with Crippen LogP contribution in [0.4, 0.5) is 0 Å². The van der Waals surface area contributed by atoms with Crippen molar-refractivity contribution in [3.63, 3.8) is 0 Å². The number of piperazine rings is 1. The maximum absolute atomic E-state index is 12.3. The van der Waals surface area contributed by atoms with E-state index in [-0.39, 0.29) is 5.91 Å². The molecule has 0 atom stereocenters. The highest BCUT2D eigenvalue weighted by Crippen LogP contribution is 2.09. The summed E-state index contributed by atoms with van der Waals surface area (Å²) in [5.74, 6) is 0.720. The molecule has 1 saturated heterocycles. The fourth-order valence-electron chi connectivity index (χ4n) is 2.27. The molecular weight excluding hydrogens is 252 g/mol. The van der Waals surface area contributed by atoms with Gasteiger partial charge >= 0.3 is 0 Å². The minimum atomic E-state index is 0.0728. The van der Waals surface area contributed by atoms with Gasteiger partial charge in [0.25, 0.3) is 5.91 Å². The summed E-state index contributed by atoms with van der Waals surface area (Å²) in [5.41, 5.74) is 1.54. The van der Waals surface area contributed by atoms with Crippen LogP contribution in [0.1, 0.15) is 16.2 Å². The van der Waals surface area contributed by atoms with Gasteiger partial charge in [0.1, 0.15) is 5.69 Å². The topological polar surface area (TPSA) is 41.4 Å². The van der Waals surface area contributed by atoms with E-state index >= 15 is 0 Å². The van der Waals surface area contributed by atoms with Crippen LogP contribution < -0.4 is 0 Å². The first-order chi connectivity index (χ1) is 8.61. The van der Waals surface area contributed by atoms with E-state index in [0.29, 0.717) is 11.6 Å². The van der Waals surface area contributed by atoms with Gasteiger partial charge in [-0.3, -0.25) is 14.4 Å². The molecule has 100 valence electrons. The predicted molar refractivity (Wildman–Crippen MR) is 71.0 cm³/mol. The number of rotatable bonds is 3. The van der Waals surface area contributed by atoms with E-state index in [2.05, 4.69) is 10.00 Å². The van der Waals surface area contributed by atoms with Gasteiger partial charge in [0, 0.05) is 45.7 Å². The first-order valence-corrected chi connectivity index (χ1v) is 6.73. The molecule has 2 rings (SSSR count). The number of halogens is 1. The van der Waals surface area contributed by atoms with Crippen molar-refractivity contribution in [1.82, 2.24) is 19.6 Å². The Balaban J connectivity index is 1.97. The largest absolute Gasteiger partial charge is 0.335 e. The number of carbonyl (C=O) groups is 1. The fourth-order valence-corrected chi connectivity index (χ4v) is 2.51. The van der Waals surface area contributed by atoms with Crippen LogP contribution in [0.5, 0.6) is 0 Å². The van der Waals surface area contributed by atoms with Gasteiger partial charge < -0.3 is 4.90 Å². The molecule has 0 radical (unpaired) electrons. The molecule has 1 amide bonds. The van der Waals surface area contributed by atoms with Crippen LogP contribution in [0.3, 0.4) is 0 Å². The summed E-state index contributed by atoms with van der Waals surface area (Å²) in [6, 6.07) is 1.84. The van der Waals surface area contributed by atoms with Crippen molar-refractivity contribution >= 4 is 17.5 Å². The number of hydrogen-bond donors (Lipinski definition) is 0. The Labute approximate surface area is 112 Å². The average Bonchev–Trinajstić information content (AvgIpc) is 2.69. The quantitative estimate of drug-likeness (QED) is 0.761. The zero-order chi connectivity index (χ0) is 13.1. The van der Waals surface area contributed by atoms with Gasteiger partial charge in [-0.25, -0.2) is 0 Å². The van der Waals surface area contributed by atoms with Crippen LogP contribution in [-0.4, -0.2) is 64.1 Å². The lowest BCUT2D eigenvalue weighted by atomic mass is 10.2. The van der Waals surface area contributed by atoms with Gasteiger partial charge in [-0.05, 0) is 13.0 Å². The van der Waals surface area contributed by atoms with Crippen molar-refractivity contribution in [2.24, 2.45) is 7.05 Å². The van der Waals surface area contributed by atoms with Crippen molar-refractivity contribution in [2.75, 3.05) is 38.6 Å². The van der Waals surface area contributed by atoms with E-state index in [1.807, 2.05) is 24.9 Å². The van der Waals surface area contributed by atoms with Crippen molar-refractivity contribution in [3.05, 3.63) is 17.5 Å². The molecule has 2 heterocycles. The third-order valence-corrected chi connectivity index (χ3v) is 3.45. The summed E-state index contributed by atoms with van der Waals surface area (Å²) >= 11 is 5.72. The van der Waals surface area contributed by atoms with E-state index < -0.39 is 0 Å². The number of alkyl halides is 1. The number of amides is 1. The number of aromatic nitrogens is 2. The molecule has 0 saturated carbocycles. The summed E-state index contributed by atoms with van der Waals surface area (Å²) in [7, 11) is 1.81. The van der Waals surface area contributed by atoms with Crippen LogP contribution >= 0.6 is 11.6 Å². The molecule has 0 unspecified atom stereocenters. The van der Waals surface area contributed by atoms with Gasteiger partial charge in [0.05, 0.1) is 5.69 Å². The van der Waals surface area contributed by atoms with E-state index in [0.717, 1.165) is 38.4 Å². The SMILES string of the molecule is Cc1cc(C(=O)N2CCN(CCCl)CC2)n(C)n1. The molecule has 0 N–H and O–H groups in total. The molecule has 1 aliphatic heterocycles. The summed E-state index contributed by atoms with van der Waals surface area (Å²) < 4.78 is 1.66. The van der Waals surface area contributed by atoms with Crippen molar-refractivity contribution in [3.8, 4) is 0 Å². The van der Waals surface area contributed by atoms with Crippen LogP contribution in [0.25, 0.3) is 0 Å². The van der Waals surface area contributed by atoms with E-state index in [9.17, 15) is 4.79 Å². The molecule has 18 heavy (non-hydrogen) atoms. The van der Waals surface area contributed by atoms with Crippen LogP contribution in [0, 0.1) is 6.92 Å². The molecule has 1 fully saturated rings. The Kier molecular flexibility index (Phi) is 4.24. The first-order valence-electron chi connectivity index (χ1n) is 6.20. The first kappa shape index (κ1) is 13.4. The minimum absolute atomic E-state index is 0.0728. The molecule has 1 aliphatic rings. The fraction of sp³-hybridized carbons (Fsp3) is 0.667. The van der Waals surface area contributed by atoms with Gasteiger partial charge in [-0.1, -0.05) is 0 Å². The highest BCUT2D eigenvalue weighted by atomic mass is 35.5. The zero-order valence-corrected chi connectivity index (χ0v) is 11.7. The summed E-state index contributed by atoms with van der Waals surface area (Å²) in [5, 5.41) is 4.21. The summed E-state index contributed by atoms with van der Waals surface area (Å²) in [4.78, 5) is 16.5. The monoisotopic (exact) mass is 270 g/mol. The molecule has 1 aromatic heterocycles. The van der Waals surface area contributed by atoms with Crippen LogP contribution in [-0.2, 0) is 7.05 Å². The van der Waals surface area contributed by atoms with E-state index in [1.165, 1.54) is 0 Å². The number of hydrogen-bond acceptors (Lipinski definition) is 3. The number of nitrogens with zero attached hydrogens (tertiary/aromatic N) is 4. The Bertz CT molecular complexity index is 424. The number of aryl methyl sites for hydroxylation is 2. The third-order valence-electron chi connectivity index (χ3n) is 3.28. The van der Waals surface area contributed by atoms with Gasteiger partial charge in [-0.2, -0.15) is 5.10 Å². The van der Waals surface area contributed by atoms with E-state index in [4.69, 9.17) is 11.6 Å². The summed E-state index contributed by atoms with van der Waals surface area (Å²) in [6.07, 6.45) is 0. The molecule has 0 aliphatic carbocycles. The molecule has 5 nitrogen and oxygen atoms in total. The molecule has 6 heteroatoms. The van der Waals surface area contributed by atoms with Gasteiger partial charge in [0.15, 0.2) is 0 Å². The van der Waals surface area contributed by atoms with Crippen molar-refractivity contribution in [1.29, 1.82) is 0 Å². The minimum Gasteiger partial charge on any atom is -0.335 e. The normalized spacial score (nSPS) is 17.2. The zero-order valence-electron chi connectivity index (χ0n) is 10.9. The standard InChI is InChI=1S/C12H19ClN4O/c1-10-9-11(15(2)14-10)12(18)17-7-5-16(4-3-13)6-8-17/h9H,3-8H2,1-2H3. The second-order valence-electron chi connectivity index (χ2n) is 4.62. The Morgan fingerprint density at radius 3 is 2.56 bits per heavy atom. The predicted octanol–water partition coefficient (Wildman–Crippen LogP) is 0.725. The third kappa shape index (κ3) is 2.84. The van der Waals surface area contributed by atoms with Crippen LogP contribution in [0.2, 0.25) is 0 Å². The van der Waals surface area contributed by atoms with Gasteiger partial charge in [0.2, 0.25) is 0 Å². The lowest BCUT2D eigenvalue weighted by Crippen LogP contribution is -2.49. The highest BCUT2D eigenvalue weighted by Gasteiger charge is 2.23. The highest BCUT2D eigenvalue weighted by molar-refractivity contribution is 6.18. The molecule has 0 spiro atoms.